The Kier molecular flexibility index (Phi) is 5.76. The lowest BCUT2D eigenvalue weighted by Gasteiger charge is -2.49. The number of carbonyl (C=O) groups is 2. The molecule has 174 valence electrons. The SMILES string of the molecule is O=C(N[C@H]1CCCC[C@@]12CN(C(=O)c1c[nH]c(=O)[nH]1)CCO2)C1CC(c2ccccc2)=NO1. The monoisotopic (exact) mass is 453 g/mol. The Bertz CT molecular complexity index is 1110. The molecular weight excluding hydrogens is 426 g/mol. The number of H-pyrrole nitrogens is 2. The van der Waals surface area contributed by atoms with E-state index in [1.54, 1.807) is 4.90 Å². The van der Waals surface area contributed by atoms with Gasteiger partial charge in [0, 0.05) is 19.2 Å². The molecule has 2 amide bonds. The van der Waals surface area contributed by atoms with Gasteiger partial charge in [0.2, 0.25) is 6.10 Å². The van der Waals surface area contributed by atoms with Gasteiger partial charge in [0.05, 0.1) is 24.9 Å². The van der Waals surface area contributed by atoms with Crippen LogP contribution >= 0.6 is 0 Å². The number of hydrogen-bond acceptors (Lipinski definition) is 6. The Labute approximate surface area is 190 Å². The number of hydrogen-bond donors (Lipinski definition) is 3. The van der Waals surface area contributed by atoms with E-state index in [-0.39, 0.29) is 23.6 Å². The van der Waals surface area contributed by atoms with Crippen LogP contribution in [0.4, 0.5) is 0 Å². The summed E-state index contributed by atoms with van der Waals surface area (Å²) in [5, 5.41) is 7.25. The molecule has 1 aliphatic carbocycles. The number of amides is 2. The maximum absolute atomic E-state index is 13.1. The van der Waals surface area contributed by atoms with Gasteiger partial charge in [-0.2, -0.15) is 0 Å². The van der Waals surface area contributed by atoms with Crippen LogP contribution in [-0.4, -0.2) is 69.8 Å². The normalized spacial score (nSPS) is 27.2. The van der Waals surface area contributed by atoms with Gasteiger partial charge >= 0.3 is 5.69 Å². The third-order valence-corrected chi connectivity index (χ3v) is 6.69. The minimum Gasteiger partial charge on any atom is -0.382 e. The zero-order valence-electron chi connectivity index (χ0n) is 18.2. The molecular formula is C23H27N5O5. The van der Waals surface area contributed by atoms with Crippen molar-refractivity contribution in [3.8, 4) is 0 Å². The molecule has 10 nitrogen and oxygen atoms in total. The van der Waals surface area contributed by atoms with Crippen molar-refractivity contribution in [1.82, 2.24) is 20.2 Å². The van der Waals surface area contributed by atoms with Crippen LogP contribution in [0.25, 0.3) is 0 Å². The molecule has 2 aliphatic heterocycles. The second-order valence-corrected chi connectivity index (χ2v) is 8.81. The fraction of sp³-hybridized carbons (Fsp3) is 0.478. The van der Waals surface area contributed by atoms with Crippen molar-refractivity contribution in [3.63, 3.8) is 0 Å². The summed E-state index contributed by atoms with van der Waals surface area (Å²) in [5.74, 6) is -0.482. The lowest BCUT2D eigenvalue weighted by Crippen LogP contribution is -2.65. The second kappa shape index (κ2) is 8.86. The minimum atomic E-state index is -0.689. The molecule has 2 fully saturated rings. The second-order valence-electron chi connectivity index (χ2n) is 8.81. The molecule has 1 spiro atoms. The van der Waals surface area contributed by atoms with Crippen LogP contribution in [0.3, 0.4) is 0 Å². The highest BCUT2D eigenvalue weighted by Crippen LogP contribution is 2.35. The van der Waals surface area contributed by atoms with Gasteiger partial charge in [0.15, 0.2) is 0 Å². The molecule has 1 aromatic carbocycles. The van der Waals surface area contributed by atoms with Crippen LogP contribution in [0, 0.1) is 0 Å². The molecule has 33 heavy (non-hydrogen) atoms. The fourth-order valence-corrected chi connectivity index (χ4v) is 4.96. The predicted molar refractivity (Wildman–Crippen MR) is 119 cm³/mol. The van der Waals surface area contributed by atoms with Gasteiger partial charge in [-0.1, -0.05) is 48.3 Å². The maximum Gasteiger partial charge on any atom is 0.323 e. The van der Waals surface area contributed by atoms with Gasteiger partial charge < -0.3 is 29.8 Å². The first-order valence-corrected chi connectivity index (χ1v) is 11.3. The van der Waals surface area contributed by atoms with Gasteiger partial charge in [-0.15, -0.1) is 0 Å². The Morgan fingerprint density at radius 1 is 1.21 bits per heavy atom. The number of ether oxygens (including phenoxy) is 1. The van der Waals surface area contributed by atoms with Gasteiger partial charge in [-0.25, -0.2) is 4.79 Å². The summed E-state index contributed by atoms with van der Waals surface area (Å²) in [5.41, 5.74) is 0.825. The highest BCUT2D eigenvalue weighted by Gasteiger charge is 2.48. The summed E-state index contributed by atoms with van der Waals surface area (Å²) in [4.78, 5) is 49.5. The molecule has 10 heteroatoms. The van der Waals surface area contributed by atoms with E-state index in [2.05, 4.69) is 20.4 Å². The number of aromatic nitrogens is 2. The first-order chi connectivity index (χ1) is 16.0. The van der Waals surface area contributed by atoms with E-state index in [4.69, 9.17) is 9.57 Å². The number of carbonyl (C=O) groups excluding carboxylic acids is 2. The van der Waals surface area contributed by atoms with Crippen molar-refractivity contribution in [3.05, 3.63) is 58.3 Å². The predicted octanol–water partition coefficient (Wildman–Crippen LogP) is 1.17. The molecule has 0 radical (unpaired) electrons. The van der Waals surface area contributed by atoms with E-state index in [9.17, 15) is 14.4 Å². The topological polar surface area (TPSA) is 129 Å². The quantitative estimate of drug-likeness (QED) is 0.640. The smallest absolute Gasteiger partial charge is 0.323 e. The molecule has 3 heterocycles. The van der Waals surface area contributed by atoms with Crippen LogP contribution in [0.15, 0.2) is 46.5 Å². The highest BCUT2D eigenvalue weighted by molar-refractivity contribution is 6.04. The van der Waals surface area contributed by atoms with Gasteiger partial charge in [0.1, 0.15) is 11.3 Å². The van der Waals surface area contributed by atoms with Gasteiger partial charge in [0.25, 0.3) is 11.8 Å². The number of oxime groups is 1. The Balaban J connectivity index is 1.26. The summed E-state index contributed by atoms with van der Waals surface area (Å²) >= 11 is 0. The number of nitrogens with zero attached hydrogens (tertiary/aromatic N) is 2. The Morgan fingerprint density at radius 3 is 2.85 bits per heavy atom. The number of nitrogens with one attached hydrogen (secondary N) is 3. The molecule has 3 aliphatic rings. The summed E-state index contributed by atoms with van der Waals surface area (Å²) in [6, 6.07) is 9.42. The van der Waals surface area contributed by atoms with Gasteiger partial charge in [-0.3, -0.25) is 9.59 Å². The lowest BCUT2D eigenvalue weighted by atomic mass is 9.78. The van der Waals surface area contributed by atoms with Crippen LogP contribution < -0.4 is 11.0 Å². The van der Waals surface area contributed by atoms with Crippen molar-refractivity contribution in [2.45, 2.75) is 49.9 Å². The van der Waals surface area contributed by atoms with Gasteiger partial charge in [-0.05, 0) is 18.4 Å². The largest absolute Gasteiger partial charge is 0.382 e. The van der Waals surface area contributed by atoms with Crippen molar-refractivity contribution in [2.24, 2.45) is 5.16 Å². The molecule has 3 atom stereocenters. The minimum absolute atomic E-state index is 0.221. The summed E-state index contributed by atoms with van der Waals surface area (Å²) in [6.07, 6.45) is 4.52. The van der Waals surface area contributed by atoms with Crippen molar-refractivity contribution < 1.29 is 19.2 Å². The molecule has 3 N–H and O–H groups in total. The zero-order valence-corrected chi connectivity index (χ0v) is 18.2. The maximum atomic E-state index is 13.1. The summed E-state index contributed by atoms with van der Waals surface area (Å²) in [6.45, 7) is 1.14. The van der Waals surface area contributed by atoms with Crippen molar-refractivity contribution in [1.29, 1.82) is 0 Å². The Hall–Kier alpha value is -3.40. The average Bonchev–Trinajstić information content (AvgIpc) is 3.51. The van der Waals surface area contributed by atoms with E-state index in [0.29, 0.717) is 26.1 Å². The van der Waals surface area contributed by atoms with Crippen molar-refractivity contribution >= 4 is 17.5 Å². The van der Waals surface area contributed by atoms with Crippen LogP contribution in [0.2, 0.25) is 0 Å². The first-order valence-electron chi connectivity index (χ1n) is 11.3. The third kappa shape index (κ3) is 4.30. The number of morpholine rings is 1. The van der Waals surface area contributed by atoms with E-state index in [1.165, 1.54) is 6.20 Å². The lowest BCUT2D eigenvalue weighted by molar-refractivity contribution is -0.149. The molecule has 2 aromatic rings. The van der Waals surface area contributed by atoms with E-state index in [0.717, 1.165) is 37.0 Å². The summed E-state index contributed by atoms with van der Waals surface area (Å²) < 4.78 is 6.24. The van der Waals surface area contributed by atoms with E-state index < -0.39 is 17.4 Å². The number of aromatic amines is 2. The van der Waals surface area contributed by atoms with Crippen molar-refractivity contribution in [2.75, 3.05) is 19.7 Å². The zero-order chi connectivity index (χ0) is 22.8. The van der Waals surface area contributed by atoms with Crippen LogP contribution in [-0.2, 0) is 14.4 Å². The highest BCUT2D eigenvalue weighted by atomic mass is 16.6. The molecule has 1 saturated heterocycles. The first kappa shape index (κ1) is 21.4. The van der Waals surface area contributed by atoms with E-state index >= 15 is 0 Å². The Morgan fingerprint density at radius 2 is 2.06 bits per heavy atom. The number of benzene rings is 1. The van der Waals surface area contributed by atoms with E-state index in [1.807, 2.05) is 30.3 Å². The molecule has 1 saturated carbocycles. The fourth-order valence-electron chi connectivity index (χ4n) is 4.96. The third-order valence-electron chi connectivity index (χ3n) is 6.69. The summed E-state index contributed by atoms with van der Waals surface area (Å²) in [7, 11) is 0. The molecule has 0 bridgehead atoms. The molecule has 1 aromatic heterocycles. The average molecular weight is 453 g/mol. The molecule has 5 rings (SSSR count). The number of rotatable bonds is 4. The number of imidazole rings is 1. The van der Waals surface area contributed by atoms with Crippen LogP contribution in [0.1, 0.15) is 48.2 Å². The standard InChI is InChI=1S/C23H27N5O5/c29-20(18-12-16(27-33-18)15-6-2-1-3-7-15)26-19-8-4-5-9-23(19)14-28(10-11-32-23)21(30)17-13-24-22(31)25-17/h1-3,6-7,13,18-19H,4-5,8-12,14H2,(H,26,29)(H2,24,25,31)/t18?,19-,23+/m0/s1. The molecule has 1 unspecified atom stereocenters. The van der Waals surface area contributed by atoms with Crippen LogP contribution in [0.5, 0.6) is 0 Å².